The number of benzene rings is 3. The predicted octanol–water partition coefficient (Wildman–Crippen LogP) is 6.17. The lowest BCUT2D eigenvalue weighted by Gasteiger charge is -2.17. The number of hydrogen-bond acceptors (Lipinski definition) is 2. The van der Waals surface area contributed by atoms with Crippen LogP contribution in [0, 0.1) is 6.92 Å². The van der Waals surface area contributed by atoms with Crippen LogP contribution in [0.5, 0.6) is 0 Å². The van der Waals surface area contributed by atoms with Gasteiger partial charge >= 0.3 is 0 Å². The van der Waals surface area contributed by atoms with Crippen molar-refractivity contribution < 1.29 is 4.79 Å². The van der Waals surface area contributed by atoms with Crippen molar-refractivity contribution in [1.29, 1.82) is 0 Å². The molecule has 0 saturated heterocycles. The van der Waals surface area contributed by atoms with Crippen molar-refractivity contribution in [3.63, 3.8) is 0 Å². The smallest absolute Gasteiger partial charge is 0.251 e. The Balaban J connectivity index is 1.59. The fraction of sp³-hybridized carbons (Fsp3) is 0.208. The zero-order valence-electron chi connectivity index (χ0n) is 15.8. The van der Waals surface area contributed by atoms with E-state index in [1.807, 2.05) is 54.2 Å². The monoisotopic (exact) mass is 375 g/mol. The van der Waals surface area contributed by atoms with Gasteiger partial charge in [0.1, 0.15) is 0 Å². The molecule has 1 N–H and O–H groups in total. The largest absolute Gasteiger partial charge is 0.345 e. The Hall–Kier alpha value is -2.52. The summed E-state index contributed by atoms with van der Waals surface area (Å²) in [5, 5.41) is 3.14. The number of nitrogens with one attached hydrogen (secondary N) is 1. The molecule has 2 nitrogen and oxygen atoms in total. The van der Waals surface area contributed by atoms with Gasteiger partial charge in [-0.2, -0.15) is 0 Å². The van der Waals surface area contributed by atoms with Crippen molar-refractivity contribution in [2.24, 2.45) is 0 Å². The average molecular weight is 376 g/mol. The highest BCUT2D eigenvalue weighted by molar-refractivity contribution is 7.98. The maximum absolute atomic E-state index is 12.6. The van der Waals surface area contributed by atoms with Gasteiger partial charge in [-0.15, -0.1) is 11.8 Å². The van der Waals surface area contributed by atoms with Crippen LogP contribution in [0.4, 0.5) is 0 Å². The average Bonchev–Trinajstić information content (AvgIpc) is 2.72. The second kappa shape index (κ2) is 9.43. The summed E-state index contributed by atoms with van der Waals surface area (Å²) in [5.74, 6) is 0.871. The van der Waals surface area contributed by atoms with Gasteiger partial charge < -0.3 is 5.32 Å². The minimum absolute atomic E-state index is 0.0246. The molecule has 3 aromatic carbocycles. The molecule has 0 aliphatic carbocycles. The van der Waals surface area contributed by atoms with E-state index in [-0.39, 0.29) is 11.9 Å². The number of rotatable bonds is 7. The van der Waals surface area contributed by atoms with Gasteiger partial charge in [0.15, 0.2) is 0 Å². The van der Waals surface area contributed by atoms with Crippen LogP contribution in [-0.2, 0) is 5.75 Å². The molecule has 0 saturated carbocycles. The van der Waals surface area contributed by atoms with Gasteiger partial charge in [-0.1, -0.05) is 67.1 Å². The Labute approximate surface area is 166 Å². The van der Waals surface area contributed by atoms with E-state index in [0.29, 0.717) is 5.56 Å². The van der Waals surface area contributed by atoms with Crippen LogP contribution < -0.4 is 5.32 Å². The van der Waals surface area contributed by atoms with Gasteiger partial charge in [0, 0.05) is 16.2 Å². The molecule has 1 atom stereocenters. The molecule has 0 aliphatic heterocycles. The molecular weight excluding hydrogens is 350 g/mol. The molecule has 3 rings (SSSR count). The number of hydrogen-bond donors (Lipinski definition) is 1. The van der Waals surface area contributed by atoms with Crippen LogP contribution in [-0.4, -0.2) is 5.91 Å². The lowest BCUT2D eigenvalue weighted by atomic mass is 10.0. The van der Waals surface area contributed by atoms with Crippen molar-refractivity contribution >= 4 is 17.7 Å². The first-order chi connectivity index (χ1) is 13.2. The molecule has 138 valence electrons. The minimum Gasteiger partial charge on any atom is -0.345 e. The Morgan fingerprint density at radius 3 is 2.22 bits per heavy atom. The highest BCUT2D eigenvalue weighted by Crippen LogP contribution is 2.23. The third kappa shape index (κ3) is 5.48. The van der Waals surface area contributed by atoms with Crippen LogP contribution in [0.25, 0.3) is 0 Å². The Morgan fingerprint density at radius 1 is 0.926 bits per heavy atom. The lowest BCUT2D eigenvalue weighted by molar-refractivity contribution is 0.0935. The molecule has 0 bridgehead atoms. The topological polar surface area (TPSA) is 29.1 Å². The third-order valence-corrected chi connectivity index (χ3v) is 5.64. The van der Waals surface area contributed by atoms with Crippen LogP contribution in [0.3, 0.4) is 0 Å². The normalized spacial score (nSPS) is 11.8. The second-order valence-corrected chi connectivity index (χ2v) is 7.69. The van der Waals surface area contributed by atoms with Crippen LogP contribution in [0.2, 0.25) is 0 Å². The standard InChI is InChI=1S/C24H25NOS/c1-3-23(20-7-5-4-6-8-20)25-24(26)21-13-11-19(12-14-21)17-27-22-15-9-18(2)10-16-22/h4-16,23H,3,17H2,1-2H3,(H,25,26). The zero-order chi connectivity index (χ0) is 19.1. The van der Waals surface area contributed by atoms with E-state index >= 15 is 0 Å². The number of carbonyl (C=O) groups is 1. The highest BCUT2D eigenvalue weighted by atomic mass is 32.2. The van der Waals surface area contributed by atoms with Gasteiger partial charge in [-0.3, -0.25) is 4.79 Å². The van der Waals surface area contributed by atoms with E-state index in [9.17, 15) is 4.79 Å². The lowest BCUT2D eigenvalue weighted by Crippen LogP contribution is -2.28. The van der Waals surface area contributed by atoms with E-state index in [1.165, 1.54) is 16.0 Å². The van der Waals surface area contributed by atoms with Crippen LogP contribution in [0.15, 0.2) is 83.8 Å². The number of thioether (sulfide) groups is 1. The van der Waals surface area contributed by atoms with E-state index in [0.717, 1.165) is 17.7 Å². The summed E-state index contributed by atoms with van der Waals surface area (Å²) in [6.07, 6.45) is 0.862. The predicted molar refractivity (Wildman–Crippen MR) is 114 cm³/mol. The Kier molecular flexibility index (Phi) is 6.72. The first kappa shape index (κ1) is 19.2. The van der Waals surface area contributed by atoms with E-state index < -0.39 is 0 Å². The Morgan fingerprint density at radius 2 is 1.59 bits per heavy atom. The van der Waals surface area contributed by atoms with Gasteiger partial charge in [0.05, 0.1) is 6.04 Å². The molecular formula is C24H25NOS. The third-order valence-electron chi connectivity index (χ3n) is 4.56. The maximum Gasteiger partial charge on any atom is 0.251 e. The molecule has 3 aromatic rings. The van der Waals surface area contributed by atoms with Crippen LogP contribution >= 0.6 is 11.8 Å². The van der Waals surface area contributed by atoms with Gasteiger partial charge in [0.25, 0.3) is 5.91 Å². The molecule has 0 aliphatic rings. The summed E-state index contributed by atoms with van der Waals surface area (Å²) in [4.78, 5) is 13.9. The second-order valence-electron chi connectivity index (χ2n) is 6.64. The molecule has 27 heavy (non-hydrogen) atoms. The molecule has 0 fully saturated rings. The summed E-state index contributed by atoms with van der Waals surface area (Å²) in [6.45, 7) is 4.18. The molecule has 0 heterocycles. The summed E-state index contributed by atoms with van der Waals surface area (Å²) in [7, 11) is 0. The van der Waals surface area contributed by atoms with Gasteiger partial charge in [0.2, 0.25) is 0 Å². The number of amides is 1. The zero-order valence-corrected chi connectivity index (χ0v) is 16.6. The fourth-order valence-electron chi connectivity index (χ4n) is 2.90. The first-order valence-electron chi connectivity index (χ1n) is 9.30. The molecule has 1 unspecified atom stereocenters. The summed E-state index contributed by atoms with van der Waals surface area (Å²) in [5.41, 5.74) is 4.33. The van der Waals surface area contributed by atoms with Crippen molar-refractivity contribution in [3.05, 3.63) is 101 Å². The molecule has 3 heteroatoms. The summed E-state index contributed by atoms with van der Waals surface area (Å²) >= 11 is 1.81. The molecule has 1 amide bonds. The van der Waals surface area contributed by atoms with Crippen molar-refractivity contribution in [2.75, 3.05) is 0 Å². The Bertz CT molecular complexity index is 857. The van der Waals surface area contributed by atoms with E-state index in [2.05, 4.69) is 55.6 Å². The van der Waals surface area contributed by atoms with Gasteiger partial charge in [-0.25, -0.2) is 0 Å². The summed E-state index contributed by atoms with van der Waals surface area (Å²) in [6, 6.07) is 26.6. The number of carbonyl (C=O) groups excluding carboxylic acids is 1. The molecule has 0 spiro atoms. The molecule has 0 radical (unpaired) electrons. The van der Waals surface area contributed by atoms with Crippen LogP contribution in [0.1, 0.15) is 46.4 Å². The number of aryl methyl sites for hydroxylation is 1. The van der Waals surface area contributed by atoms with Crippen molar-refractivity contribution in [1.82, 2.24) is 5.32 Å². The molecule has 0 aromatic heterocycles. The quantitative estimate of drug-likeness (QED) is 0.500. The van der Waals surface area contributed by atoms with E-state index in [4.69, 9.17) is 0 Å². The highest BCUT2D eigenvalue weighted by Gasteiger charge is 2.13. The van der Waals surface area contributed by atoms with Crippen molar-refractivity contribution in [3.8, 4) is 0 Å². The van der Waals surface area contributed by atoms with Crippen molar-refractivity contribution in [2.45, 2.75) is 37.0 Å². The first-order valence-corrected chi connectivity index (χ1v) is 10.3. The SMILES string of the molecule is CCC(NC(=O)c1ccc(CSc2ccc(C)cc2)cc1)c1ccccc1. The summed E-state index contributed by atoms with van der Waals surface area (Å²) < 4.78 is 0. The fourth-order valence-corrected chi connectivity index (χ4v) is 3.76. The maximum atomic E-state index is 12.6. The van der Waals surface area contributed by atoms with Gasteiger partial charge in [-0.05, 0) is 48.7 Å². The minimum atomic E-state index is -0.0246. The van der Waals surface area contributed by atoms with E-state index in [1.54, 1.807) is 0 Å².